The van der Waals surface area contributed by atoms with Gasteiger partial charge in [-0.05, 0) is 0 Å². The predicted octanol–water partition coefficient (Wildman–Crippen LogP) is -0.958. The Morgan fingerprint density at radius 2 is 0.545 bits per heavy atom. The van der Waals surface area contributed by atoms with Crippen molar-refractivity contribution < 1.29 is 91.9 Å². The van der Waals surface area contributed by atoms with Crippen molar-refractivity contribution in [2.75, 3.05) is 0 Å². The molecule has 11 heavy (non-hydrogen) atoms. The van der Waals surface area contributed by atoms with E-state index in [4.69, 9.17) is 10.2 Å². The second-order valence-electron chi connectivity index (χ2n) is 0.204. The molecule has 0 aliphatic rings. The van der Waals surface area contributed by atoms with Crippen molar-refractivity contribution >= 4 is 0 Å². The summed E-state index contributed by atoms with van der Waals surface area (Å²) < 4.78 is 25.8. The minimum atomic E-state index is -4.11. The smallest absolute Gasteiger partial charge is 0 e. The Morgan fingerprint density at radius 1 is 0.545 bits per heavy atom. The third kappa shape index (κ3) is 812. The van der Waals surface area contributed by atoms with E-state index in [1.165, 1.54) is 0 Å². The molecule has 8 nitrogen and oxygen atoms in total. The van der Waals surface area contributed by atoms with Crippen LogP contribution in [0.4, 0.5) is 0 Å². The zero-order valence-corrected chi connectivity index (χ0v) is 9.37. The van der Waals surface area contributed by atoms with Crippen LogP contribution in [0.25, 0.3) is 0 Å². The van der Waals surface area contributed by atoms with E-state index >= 15 is 0 Å². The molecule has 0 amide bonds. The van der Waals surface area contributed by atoms with Gasteiger partial charge >= 0.3 is 27.4 Å². The maximum absolute atomic E-state index is 8.59. The van der Waals surface area contributed by atoms with Crippen LogP contribution in [0.3, 0.4) is 0 Å². The fourth-order valence-corrected chi connectivity index (χ4v) is 0. The van der Waals surface area contributed by atoms with E-state index < -0.39 is 17.2 Å². The quantitative estimate of drug-likeness (QED) is 0.518. The van der Waals surface area contributed by atoms with Gasteiger partial charge in [-0.15, -0.1) is 0 Å². The Hall–Kier alpha value is 1.06. The predicted molar refractivity (Wildman–Crippen MR) is 5.49 cm³/mol. The molecule has 2 radical (unpaired) electrons. The first-order valence-electron chi connectivity index (χ1n) is 0.500. The van der Waals surface area contributed by atoms with E-state index in [2.05, 4.69) is 0 Å². The van der Waals surface area contributed by atoms with Gasteiger partial charge in [-0.3, -0.25) is 0 Å². The number of rotatable bonds is 0. The van der Waals surface area contributed by atoms with Crippen molar-refractivity contribution in [3.8, 4) is 0 Å². The van der Waals surface area contributed by atoms with Crippen molar-refractivity contribution in [2.45, 2.75) is 0 Å². The fourth-order valence-electron chi connectivity index (χ4n) is 0. The largest absolute Gasteiger partial charge is 0 e. The van der Waals surface area contributed by atoms with E-state index in [9.17, 15) is 0 Å². The third-order valence-electron chi connectivity index (χ3n) is 0. The summed E-state index contributed by atoms with van der Waals surface area (Å²) in [6.45, 7) is 0. The van der Waals surface area contributed by atoms with Crippen molar-refractivity contribution in [1.82, 2.24) is 0 Å². The maximum atomic E-state index is 8.59. The molecule has 0 heterocycles. The molecule has 11 heteroatoms. The van der Waals surface area contributed by atoms with Crippen molar-refractivity contribution in [3.05, 3.63) is 0 Å². The Kier molecular flexibility index (Phi) is 553. The molecule has 0 spiro atoms. The Balaban J connectivity index is -0.00000000214. The molecular weight excluding hydrogens is 326 g/mol. The average molecular weight is 326 g/mol. The minimum absolute atomic E-state index is 0. The van der Waals surface area contributed by atoms with Crippen LogP contribution in [-0.4, -0.2) is 0 Å². The fraction of sp³-hybridized carbons (Fsp3) is 0. The van der Waals surface area contributed by atoms with Gasteiger partial charge in [-0.25, -0.2) is 0 Å². The van der Waals surface area contributed by atoms with Gasteiger partial charge in [-0.2, -0.15) is 0 Å². The molecule has 0 fully saturated rings. The van der Waals surface area contributed by atoms with Gasteiger partial charge in [0.1, 0.15) is 0 Å². The third-order valence-corrected chi connectivity index (χ3v) is 0. The maximum Gasteiger partial charge on any atom is 0 e. The van der Waals surface area contributed by atoms with Crippen molar-refractivity contribution in [3.63, 3.8) is 0 Å². The monoisotopic (exact) mass is 328 g/mol. The molecule has 0 N–H and O–H groups in total. The molecule has 0 aliphatic carbocycles. The topological polar surface area (TPSA) is 194 Å². The Bertz CT molecular complexity index is 81.5. The van der Waals surface area contributed by atoms with Crippen LogP contribution >= 0.6 is 0 Å². The van der Waals surface area contributed by atoms with Crippen LogP contribution in [0.2, 0.25) is 0 Å². The van der Waals surface area contributed by atoms with Gasteiger partial charge in [0.05, 0.1) is 0 Å². The van der Waals surface area contributed by atoms with Gasteiger partial charge in [0, 0.05) is 37.1 Å². The molecule has 0 saturated heterocycles. The van der Waals surface area contributed by atoms with E-state index in [0.717, 1.165) is 0 Å². The molecule has 0 aromatic heterocycles. The van der Waals surface area contributed by atoms with E-state index in [0.29, 0.717) is 0 Å². The normalized spacial score (nSPS) is 2.18. The molecule has 0 aromatic carbocycles. The molecule has 0 unspecified atom stereocenters. The second kappa shape index (κ2) is 67.9. The van der Waals surface area contributed by atoms with Crippen LogP contribution in [-0.2, 0) is 91.9 Å². The Labute approximate surface area is 91.5 Å². The Morgan fingerprint density at radius 3 is 0.545 bits per heavy atom. The van der Waals surface area contributed by atoms with Gasteiger partial charge in [-0.1, -0.05) is 0 Å². The summed E-state index contributed by atoms with van der Waals surface area (Å²) in [5, 5.41) is 0. The second-order valence-corrected chi connectivity index (χ2v) is 1.21. The SMILES string of the molecule is [O-2].[O-2].[O-2].[O-2].[O-2].[O]=[Mo](=[O])=[O].[V].[V]. The van der Waals surface area contributed by atoms with E-state index in [1.54, 1.807) is 0 Å². The van der Waals surface area contributed by atoms with Crippen LogP contribution in [0.1, 0.15) is 0 Å². The van der Waals surface area contributed by atoms with Crippen LogP contribution in [0, 0.1) is 0 Å². The van der Waals surface area contributed by atoms with Crippen molar-refractivity contribution in [2.24, 2.45) is 0 Å². The van der Waals surface area contributed by atoms with Gasteiger partial charge < -0.3 is 27.4 Å². The molecule has 0 aliphatic heterocycles. The molecule has 0 rings (SSSR count). The standard InChI is InChI=1S/Mo.8O.2V/q;;;;5*-2;;. The summed E-state index contributed by atoms with van der Waals surface area (Å²) in [5.41, 5.74) is 0. The number of hydrogen-bond acceptors (Lipinski definition) is 3. The van der Waals surface area contributed by atoms with Crippen LogP contribution in [0.5, 0.6) is 0 Å². The van der Waals surface area contributed by atoms with Gasteiger partial charge in [0.15, 0.2) is 0 Å². The number of hydrogen-bond donors (Lipinski definition) is 0. The van der Waals surface area contributed by atoms with Crippen molar-refractivity contribution in [1.29, 1.82) is 0 Å². The summed E-state index contributed by atoms with van der Waals surface area (Å²) in [7, 11) is 0. The molecule has 0 aromatic rings. The molecule has 0 atom stereocenters. The molecule has 0 bridgehead atoms. The summed E-state index contributed by atoms with van der Waals surface area (Å²) in [5.74, 6) is 0. The zero-order chi connectivity index (χ0) is 3.58. The first-order valence-corrected chi connectivity index (χ1v) is 2.96. The summed E-state index contributed by atoms with van der Waals surface area (Å²) in [4.78, 5) is 0. The molecule has 74 valence electrons. The van der Waals surface area contributed by atoms with Crippen LogP contribution in [0.15, 0.2) is 0 Å². The first-order chi connectivity index (χ1) is 1.73. The molecular formula is MoO8V2-10. The van der Waals surface area contributed by atoms with E-state index in [1.807, 2.05) is 0 Å². The summed E-state index contributed by atoms with van der Waals surface area (Å²) >= 11 is -4.11. The zero-order valence-electron chi connectivity index (χ0n) is 4.57. The van der Waals surface area contributed by atoms with Gasteiger partial charge in [0.2, 0.25) is 0 Å². The molecule has 0 saturated carbocycles. The summed E-state index contributed by atoms with van der Waals surface area (Å²) in [6.07, 6.45) is 0. The van der Waals surface area contributed by atoms with Gasteiger partial charge in [0.25, 0.3) is 0 Å². The summed E-state index contributed by atoms with van der Waals surface area (Å²) in [6, 6.07) is 0. The minimum Gasteiger partial charge on any atom is 0 e. The average Bonchev–Trinajstić information content (AvgIpc) is 0.811. The van der Waals surface area contributed by atoms with Crippen LogP contribution < -0.4 is 0 Å². The first kappa shape index (κ1) is 89.6. The van der Waals surface area contributed by atoms with E-state index in [-0.39, 0.29) is 64.5 Å².